The number of rotatable bonds is 12. The van der Waals surface area contributed by atoms with Crippen molar-refractivity contribution in [1.29, 1.82) is 0 Å². The number of nitrogens with one attached hydrogen (secondary N) is 1. The van der Waals surface area contributed by atoms with Crippen LogP contribution in [0.15, 0.2) is 48.5 Å². The molecule has 2 rings (SSSR count). The zero-order valence-electron chi connectivity index (χ0n) is 20.6. The second-order valence-corrected chi connectivity index (χ2v) is 10.1. The van der Waals surface area contributed by atoms with Crippen LogP contribution in [0.3, 0.4) is 0 Å². The first-order valence-electron chi connectivity index (χ1n) is 11.3. The minimum Gasteiger partial charge on any atom is -0.497 e. The molecule has 8 nitrogen and oxygen atoms in total. The summed E-state index contributed by atoms with van der Waals surface area (Å²) in [6.07, 6.45) is 2.05. The summed E-state index contributed by atoms with van der Waals surface area (Å²) in [6, 6.07) is 13.9. The highest BCUT2D eigenvalue weighted by Crippen LogP contribution is 2.20. The molecule has 186 valence electrons. The van der Waals surface area contributed by atoms with Gasteiger partial charge in [-0.05, 0) is 49.6 Å². The van der Waals surface area contributed by atoms with Crippen LogP contribution in [0, 0.1) is 6.92 Å². The van der Waals surface area contributed by atoms with Gasteiger partial charge in [-0.2, -0.15) is 0 Å². The van der Waals surface area contributed by atoms with Crippen molar-refractivity contribution in [1.82, 2.24) is 10.2 Å². The van der Waals surface area contributed by atoms with Gasteiger partial charge in [-0.1, -0.05) is 36.8 Å². The maximum Gasteiger partial charge on any atom is 0.242 e. The van der Waals surface area contributed by atoms with E-state index in [0.717, 1.165) is 17.4 Å². The number of methoxy groups -OCH3 is 1. The largest absolute Gasteiger partial charge is 0.497 e. The van der Waals surface area contributed by atoms with Crippen molar-refractivity contribution < 1.29 is 22.7 Å². The minimum atomic E-state index is -3.51. The Kier molecular flexibility index (Phi) is 9.92. The number of nitrogens with zero attached hydrogens (tertiary/aromatic N) is 2. The molecule has 0 unspecified atom stereocenters. The van der Waals surface area contributed by atoms with Gasteiger partial charge < -0.3 is 15.0 Å². The zero-order chi connectivity index (χ0) is 25.3. The molecule has 2 amide bonds. The number of anilines is 1. The van der Waals surface area contributed by atoms with Crippen LogP contribution in [-0.4, -0.2) is 58.1 Å². The molecule has 0 fully saturated rings. The van der Waals surface area contributed by atoms with Gasteiger partial charge in [-0.3, -0.25) is 13.9 Å². The average molecular weight is 490 g/mol. The third-order valence-corrected chi connectivity index (χ3v) is 6.81. The fraction of sp³-hybridized carbons (Fsp3) is 0.440. The number of benzene rings is 2. The van der Waals surface area contributed by atoms with Gasteiger partial charge in [0.1, 0.15) is 11.8 Å². The number of hydrogen-bond acceptors (Lipinski definition) is 5. The molecule has 0 aromatic heterocycles. The summed E-state index contributed by atoms with van der Waals surface area (Å²) in [5.74, 6) is 0.266. The fourth-order valence-electron chi connectivity index (χ4n) is 3.73. The number of hydrogen-bond donors (Lipinski definition) is 1. The molecular formula is C25H35N3O5S. The first-order valence-corrected chi connectivity index (χ1v) is 13.1. The van der Waals surface area contributed by atoms with Crippen LogP contribution in [0.4, 0.5) is 5.69 Å². The highest BCUT2D eigenvalue weighted by Gasteiger charge is 2.28. The van der Waals surface area contributed by atoms with Crippen LogP contribution in [0.1, 0.15) is 37.3 Å². The second-order valence-electron chi connectivity index (χ2n) is 8.18. The lowest BCUT2D eigenvalue weighted by atomic mass is 10.1. The predicted octanol–water partition coefficient (Wildman–Crippen LogP) is 3.10. The van der Waals surface area contributed by atoms with Crippen LogP contribution < -0.4 is 14.4 Å². The molecule has 1 N–H and O–H groups in total. The molecule has 0 aliphatic carbocycles. The lowest BCUT2D eigenvalue weighted by Gasteiger charge is -2.31. The van der Waals surface area contributed by atoms with Gasteiger partial charge in [-0.15, -0.1) is 0 Å². The Morgan fingerprint density at radius 1 is 1.06 bits per heavy atom. The topological polar surface area (TPSA) is 96.0 Å². The number of amides is 2. The van der Waals surface area contributed by atoms with Gasteiger partial charge in [0, 0.05) is 26.6 Å². The Morgan fingerprint density at radius 2 is 1.68 bits per heavy atom. The average Bonchev–Trinajstić information content (AvgIpc) is 2.81. The zero-order valence-corrected chi connectivity index (χ0v) is 21.4. The van der Waals surface area contributed by atoms with Crippen molar-refractivity contribution in [3.05, 3.63) is 59.7 Å². The normalized spacial score (nSPS) is 12.0. The van der Waals surface area contributed by atoms with Crippen molar-refractivity contribution in [3.8, 4) is 5.75 Å². The molecule has 0 spiro atoms. The standard InChI is InChI=1S/C25H35N3O5S/c1-6-23(25(30)26-3)27(18-20-11-15-22(33-4)16-12-20)24(29)8-7-17-28(34(5,31)32)21-13-9-19(2)10-14-21/h9-16,23H,6-8,17-18H2,1-5H3,(H,26,30)/t23-/m0/s1. The molecule has 0 saturated heterocycles. The van der Waals surface area contributed by atoms with Gasteiger partial charge in [-0.25, -0.2) is 8.42 Å². The van der Waals surface area contributed by atoms with Crippen molar-refractivity contribution in [2.45, 2.75) is 45.7 Å². The van der Waals surface area contributed by atoms with Gasteiger partial charge in [0.15, 0.2) is 0 Å². The first-order chi connectivity index (χ1) is 16.1. The molecule has 0 bridgehead atoms. The van der Waals surface area contributed by atoms with Crippen LogP contribution in [0.5, 0.6) is 5.75 Å². The van der Waals surface area contributed by atoms with E-state index in [-0.39, 0.29) is 31.3 Å². The van der Waals surface area contributed by atoms with E-state index in [1.54, 1.807) is 31.2 Å². The highest BCUT2D eigenvalue weighted by molar-refractivity contribution is 7.92. The van der Waals surface area contributed by atoms with Crippen molar-refractivity contribution >= 4 is 27.5 Å². The molecule has 9 heteroatoms. The van der Waals surface area contributed by atoms with Crippen LogP contribution in [-0.2, 0) is 26.2 Å². The van der Waals surface area contributed by atoms with Crippen molar-refractivity contribution in [2.75, 3.05) is 31.3 Å². The summed E-state index contributed by atoms with van der Waals surface area (Å²) in [5, 5.41) is 2.64. The molecule has 0 heterocycles. The number of ether oxygens (including phenoxy) is 1. The van der Waals surface area contributed by atoms with E-state index in [4.69, 9.17) is 4.74 Å². The van der Waals surface area contributed by atoms with E-state index >= 15 is 0 Å². The van der Waals surface area contributed by atoms with E-state index in [1.807, 2.05) is 50.2 Å². The van der Waals surface area contributed by atoms with E-state index in [0.29, 0.717) is 24.3 Å². The van der Waals surface area contributed by atoms with Crippen molar-refractivity contribution in [3.63, 3.8) is 0 Å². The number of carbonyl (C=O) groups is 2. The van der Waals surface area contributed by atoms with Gasteiger partial charge in [0.05, 0.1) is 19.1 Å². The summed E-state index contributed by atoms with van der Waals surface area (Å²) in [6.45, 7) is 4.22. The molecule has 2 aromatic rings. The fourth-order valence-corrected chi connectivity index (χ4v) is 4.69. The van der Waals surface area contributed by atoms with Crippen LogP contribution >= 0.6 is 0 Å². The molecule has 2 aromatic carbocycles. The third-order valence-electron chi connectivity index (χ3n) is 5.62. The molecule has 0 saturated carbocycles. The van der Waals surface area contributed by atoms with Crippen LogP contribution in [0.25, 0.3) is 0 Å². The summed E-state index contributed by atoms with van der Waals surface area (Å²) in [7, 11) is -0.379. The second kappa shape index (κ2) is 12.4. The predicted molar refractivity (Wildman–Crippen MR) is 134 cm³/mol. The number of carbonyl (C=O) groups excluding carboxylic acids is 2. The van der Waals surface area contributed by atoms with E-state index in [2.05, 4.69) is 5.32 Å². The Balaban J connectivity index is 2.17. The Labute approximate surface area is 202 Å². The minimum absolute atomic E-state index is 0.113. The quantitative estimate of drug-likeness (QED) is 0.494. The van der Waals surface area contributed by atoms with E-state index in [1.165, 1.54) is 4.31 Å². The summed E-state index contributed by atoms with van der Waals surface area (Å²) in [4.78, 5) is 27.3. The molecule has 0 aliphatic heterocycles. The maximum atomic E-state index is 13.3. The molecule has 1 atom stereocenters. The molecular weight excluding hydrogens is 454 g/mol. The Hall–Kier alpha value is -3.07. The van der Waals surface area contributed by atoms with E-state index in [9.17, 15) is 18.0 Å². The monoisotopic (exact) mass is 489 g/mol. The number of aryl methyl sites for hydroxylation is 1. The SMILES string of the molecule is CC[C@@H](C(=O)NC)N(Cc1ccc(OC)cc1)C(=O)CCCN(c1ccc(C)cc1)S(C)(=O)=O. The number of likely N-dealkylation sites (N-methyl/N-ethyl adjacent to an activating group) is 1. The lowest BCUT2D eigenvalue weighted by molar-refractivity contribution is -0.141. The summed E-state index contributed by atoms with van der Waals surface area (Å²) >= 11 is 0. The summed E-state index contributed by atoms with van der Waals surface area (Å²) in [5.41, 5.74) is 2.46. The third kappa shape index (κ3) is 7.48. The van der Waals surface area contributed by atoms with Gasteiger partial charge in [0.2, 0.25) is 21.8 Å². The van der Waals surface area contributed by atoms with E-state index < -0.39 is 16.1 Å². The maximum absolute atomic E-state index is 13.3. The Bertz CT molecular complexity index is 1050. The lowest BCUT2D eigenvalue weighted by Crippen LogP contribution is -2.48. The van der Waals surface area contributed by atoms with Crippen LogP contribution in [0.2, 0.25) is 0 Å². The van der Waals surface area contributed by atoms with Gasteiger partial charge in [0.25, 0.3) is 0 Å². The molecule has 0 radical (unpaired) electrons. The first kappa shape index (κ1) is 27.2. The molecule has 0 aliphatic rings. The van der Waals surface area contributed by atoms with Crippen molar-refractivity contribution in [2.24, 2.45) is 0 Å². The number of sulfonamides is 1. The molecule has 34 heavy (non-hydrogen) atoms. The summed E-state index contributed by atoms with van der Waals surface area (Å²) < 4.78 is 31.2. The smallest absolute Gasteiger partial charge is 0.242 e. The van der Waals surface area contributed by atoms with Gasteiger partial charge >= 0.3 is 0 Å². The Morgan fingerprint density at radius 3 is 2.18 bits per heavy atom. The highest BCUT2D eigenvalue weighted by atomic mass is 32.2.